The third kappa shape index (κ3) is 8.33. The molecule has 1 atom stereocenters. The van der Waals surface area contributed by atoms with Gasteiger partial charge < -0.3 is 10.1 Å². The zero-order valence-electron chi connectivity index (χ0n) is 11.3. The molecule has 0 unspecified atom stereocenters. The van der Waals surface area contributed by atoms with E-state index >= 15 is 0 Å². The Balaban J connectivity index is 4.24. The lowest BCUT2D eigenvalue weighted by atomic mass is 10.0. The van der Waals surface area contributed by atoms with Gasteiger partial charge in [0.25, 0.3) is 0 Å². The van der Waals surface area contributed by atoms with E-state index in [-0.39, 0.29) is 12.1 Å². The first-order valence-corrected chi connectivity index (χ1v) is 5.87. The summed E-state index contributed by atoms with van der Waals surface area (Å²) in [4.78, 5) is 11.6. The van der Waals surface area contributed by atoms with Gasteiger partial charge in [-0.25, -0.2) is 4.79 Å². The van der Waals surface area contributed by atoms with E-state index in [0.29, 0.717) is 5.92 Å². The Hall–Kier alpha value is -0.990. The van der Waals surface area contributed by atoms with Crippen LogP contribution in [-0.2, 0) is 4.74 Å². The van der Waals surface area contributed by atoms with E-state index in [9.17, 15) is 4.79 Å². The number of carbonyl (C=O) groups is 1. The predicted octanol–water partition coefficient (Wildman–Crippen LogP) is 3.50. The molecule has 1 amide bonds. The molecule has 0 spiro atoms. The summed E-state index contributed by atoms with van der Waals surface area (Å²) in [5, 5.41) is 2.86. The number of carbonyl (C=O) groups excluding carboxylic acids is 1. The molecule has 0 fully saturated rings. The number of allylic oxidation sites excluding steroid dienone is 1. The normalized spacial score (nSPS) is 14.2. The molecule has 0 aliphatic carbocycles. The molecular weight excluding hydrogens is 202 g/mol. The Morgan fingerprint density at radius 3 is 2.31 bits per heavy atom. The van der Waals surface area contributed by atoms with E-state index in [1.54, 1.807) is 0 Å². The molecule has 0 radical (unpaired) electrons. The van der Waals surface area contributed by atoms with Gasteiger partial charge in [0.1, 0.15) is 5.60 Å². The molecule has 94 valence electrons. The van der Waals surface area contributed by atoms with Crippen molar-refractivity contribution in [3.05, 3.63) is 12.2 Å². The maximum Gasteiger partial charge on any atom is 0.408 e. The Morgan fingerprint density at radius 1 is 1.38 bits per heavy atom. The summed E-state index contributed by atoms with van der Waals surface area (Å²) >= 11 is 0. The van der Waals surface area contributed by atoms with Crippen molar-refractivity contribution in [1.82, 2.24) is 5.32 Å². The Kier molecular flexibility index (Phi) is 6.16. The first-order valence-electron chi connectivity index (χ1n) is 5.87. The SMILES string of the molecule is C/C=C\[C@@H](CC(C)C)NC(=O)OC(C)(C)C. The quantitative estimate of drug-likeness (QED) is 0.746. The topological polar surface area (TPSA) is 38.3 Å². The van der Waals surface area contributed by atoms with Crippen molar-refractivity contribution >= 4 is 6.09 Å². The van der Waals surface area contributed by atoms with E-state index < -0.39 is 5.60 Å². The van der Waals surface area contributed by atoms with Gasteiger partial charge in [-0.2, -0.15) is 0 Å². The molecule has 0 aromatic heterocycles. The van der Waals surface area contributed by atoms with Gasteiger partial charge in [-0.15, -0.1) is 0 Å². The zero-order chi connectivity index (χ0) is 12.8. The number of rotatable bonds is 4. The van der Waals surface area contributed by atoms with Crippen LogP contribution in [0.1, 0.15) is 48.0 Å². The van der Waals surface area contributed by atoms with Crippen molar-refractivity contribution in [3.8, 4) is 0 Å². The third-order valence-electron chi connectivity index (χ3n) is 1.85. The fraction of sp³-hybridized carbons (Fsp3) is 0.769. The van der Waals surface area contributed by atoms with Crippen molar-refractivity contribution in [3.63, 3.8) is 0 Å². The molecule has 0 saturated heterocycles. The molecule has 3 heteroatoms. The molecular formula is C13H25NO2. The summed E-state index contributed by atoms with van der Waals surface area (Å²) in [6.07, 6.45) is 4.51. The maximum atomic E-state index is 11.6. The third-order valence-corrected chi connectivity index (χ3v) is 1.85. The summed E-state index contributed by atoms with van der Waals surface area (Å²) in [5.74, 6) is 0.538. The van der Waals surface area contributed by atoms with Crippen LogP contribution in [0.4, 0.5) is 4.79 Å². The van der Waals surface area contributed by atoms with Crippen LogP contribution >= 0.6 is 0 Å². The highest BCUT2D eigenvalue weighted by Crippen LogP contribution is 2.09. The highest BCUT2D eigenvalue weighted by Gasteiger charge is 2.18. The fourth-order valence-corrected chi connectivity index (χ4v) is 1.38. The molecule has 3 nitrogen and oxygen atoms in total. The van der Waals surface area contributed by atoms with Crippen molar-refractivity contribution < 1.29 is 9.53 Å². The van der Waals surface area contributed by atoms with Crippen LogP contribution in [0, 0.1) is 5.92 Å². The molecule has 0 bridgehead atoms. The summed E-state index contributed by atoms with van der Waals surface area (Å²) < 4.78 is 5.21. The first-order chi connectivity index (χ1) is 7.24. The van der Waals surface area contributed by atoms with E-state index in [1.165, 1.54) is 0 Å². The summed E-state index contributed by atoms with van der Waals surface area (Å²) in [5.41, 5.74) is -0.442. The van der Waals surface area contributed by atoms with Crippen molar-refractivity contribution in [2.75, 3.05) is 0 Å². The fourth-order valence-electron chi connectivity index (χ4n) is 1.38. The largest absolute Gasteiger partial charge is 0.444 e. The molecule has 0 aliphatic rings. The molecule has 16 heavy (non-hydrogen) atoms. The van der Waals surface area contributed by atoms with Gasteiger partial charge in [-0.05, 0) is 40.0 Å². The molecule has 0 heterocycles. The summed E-state index contributed by atoms with van der Waals surface area (Å²) in [6, 6.07) is 0.0554. The number of hydrogen-bond acceptors (Lipinski definition) is 2. The van der Waals surface area contributed by atoms with Crippen molar-refractivity contribution in [2.24, 2.45) is 5.92 Å². The standard InChI is InChI=1S/C13H25NO2/c1-7-8-11(9-10(2)3)14-12(15)16-13(4,5)6/h7-8,10-11H,9H2,1-6H3,(H,14,15)/b8-7-/t11-/m0/s1. The minimum Gasteiger partial charge on any atom is -0.444 e. The minimum absolute atomic E-state index is 0.0554. The monoisotopic (exact) mass is 227 g/mol. The van der Waals surface area contributed by atoms with Gasteiger partial charge in [-0.1, -0.05) is 26.0 Å². The lowest BCUT2D eigenvalue weighted by molar-refractivity contribution is 0.0510. The van der Waals surface area contributed by atoms with Gasteiger partial charge in [0.2, 0.25) is 0 Å². The van der Waals surface area contributed by atoms with Crippen LogP contribution in [0.2, 0.25) is 0 Å². The van der Waals surface area contributed by atoms with Crippen LogP contribution in [0.5, 0.6) is 0 Å². The number of ether oxygens (including phenoxy) is 1. The van der Waals surface area contributed by atoms with E-state index in [1.807, 2.05) is 39.8 Å². The lowest BCUT2D eigenvalue weighted by Crippen LogP contribution is -2.38. The number of nitrogens with one attached hydrogen (secondary N) is 1. The van der Waals surface area contributed by atoms with Gasteiger partial charge >= 0.3 is 6.09 Å². The van der Waals surface area contributed by atoms with Gasteiger partial charge in [-0.3, -0.25) is 0 Å². The Morgan fingerprint density at radius 2 is 1.94 bits per heavy atom. The minimum atomic E-state index is -0.442. The van der Waals surface area contributed by atoms with Crippen LogP contribution in [0.15, 0.2) is 12.2 Å². The van der Waals surface area contributed by atoms with Crippen LogP contribution < -0.4 is 5.32 Å². The predicted molar refractivity (Wildman–Crippen MR) is 67.4 cm³/mol. The average molecular weight is 227 g/mol. The van der Waals surface area contributed by atoms with Crippen molar-refractivity contribution in [2.45, 2.75) is 59.6 Å². The molecule has 0 rings (SSSR count). The molecule has 0 aliphatic heterocycles. The lowest BCUT2D eigenvalue weighted by Gasteiger charge is -2.23. The zero-order valence-corrected chi connectivity index (χ0v) is 11.3. The highest BCUT2D eigenvalue weighted by molar-refractivity contribution is 5.68. The van der Waals surface area contributed by atoms with Crippen LogP contribution in [0.25, 0.3) is 0 Å². The second-order valence-corrected chi connectivity index (χ2v) is 5.41. The Bertz CT molecular complexity index is 239. The number of amides is 1. The molecule has 1 N–H and O–H groups in total. The van der Waals surface area contributed by atoms with Gasteiger partial charge in [0, 0.05) is 0 Å². The average Bonchev–Trinajstić information content (AvgIpc) is 1.98. The molecule has 0 aromatic rings. The Labute approximate surface area is 99.3 Å². The van der Waals surface area contributed by atoms with E-state index in [4.69, 9.17) is 4.74 Å². The van der Waals surface area contributed by atoms with Crippen LogP contribution in [-0.4, -0.2) is 17.7 Å². The van der Waals surface area contributed by atoms with E-state index in [2.05, 4.69) is 19.2 Å². The molecule has 0 aromatic carbocycles. The number of alkyl carbamates (subject to hydrolysis) is 1. The highest BCUT2D eigenvalue weighted by atomic mass is 16.6. The van der Waals surface area contributed by atoms with Gasteiger partial charge in [0.05, 0.1) is 6.04 Å². The van der Waals surface area contributed by atoms with Crippen LogP contribution in [0.3, 0.4) is 0 Å². The smallest absolute Gasteiger partial charge is 0.408 e. The molecule has 0 saturated carbocycles. The second kappa shape index (κ2) is 6.56. The summed E-state index contributed by atoms with van der Waals surface area (Å²) in [6.45, 7) is 11.8. The first kappa shape index (κ1) is 15.0. The second-order valence-electron chi connectivity index (χ2n) is 5.41. The van der Waals surface area contributed by atoms with Gasteiger partial charge in [0.15, 0.2) is 0 Å². The maximum absolute atomic E-state index is 11.6. The number of hydrogen-bond donors (Lipinski definition) is 1. The van der Waals surface area contributed by atoms with Crippen molar-refractivity contribution in [1.29, 1.82) is 0 Å². The summed E-state index contributed by atoms with van der Waals surface area (Å²) in [7, 11) is 0. The van der Waals surface area contributed by atoms with E-state index in [0.717, 1.165) is 6.42 Å².